The molecule has 3 nitrogen and oxygen atoms in total. The summed E-state index contributed by atoms with van der Waals surface area (Å²) in [6.07, 6.45) is 1.28. The van der Waals surface area contributed by atoms with Crippen LogP contribution >= 0.6 is 11.8 Å². The van der Waals surface area contributed by atoms with Crippen molar-refractivity contribution in [2.75, 3.05) is 18.1 Å². The van der Waals surface area contributed by atoms with Crippen LogP contribution in [0.4, 0.5) is 0 Å². The number of nitrogens with one attached hydrogen (secondary N) is 1. The van der Waals surface area contributed by atoms with Crippen LogP contribution in [-0.2, 0) is 4.79 Å². The Morgan fingerprint density at radius 2 is 2.10 bits per heavy atom. The zero-order chi connectivity index (χ0) is 14.8. The minimum atomic E-state index is -0.0516. The van der Waals surface area contributed by atoms with Gasteiger partial charge in [-0.25, -0.2) is 0 Å². The fourth-order valence-electron chi connectivity index (χ4n) is 3.23. The molecule has 3 rings (SSSR count). The molecule has 0 spiro atoms. The van der Waals surface area contributed by atoms with Crippen molar-refractivity contribution in [3.8, 4) is 0 Å². The van der Waals surface area contributed by atoms with E-state index in [-0.39, 0.29) is 18.1 Å². The maximum atomic E-state index is 12.8. The van der Waals surface area contributed by atoms with Crippen LogP contribution in [0.3, 0.4) is 0 Å². The average Bonchev–Trinajstić information content (AvgIpc) is 3.10. The van der Waals surface area contributed by atoms with Gasteiger partial charge in [-0.05, 0) is 35.3 Å². The van der Waals surface area contributed by atoms with E-state index in [1.54, 1.807) is 0 Å². The second kappa shape index (κ2) is 6.41. The minimum Gasteiger partial charge on any atom is -0.321 e. The number of nitrogens with zero attached hydrogens (tertiary/aromatic N) is 1. The number of hydrogen-bond donors (Lipinski definition) is 1. The quantitative estimate of drug-likeness (QED) is 0.928. The van der Waals surface area contributed by atoms with Gasteiger partial charge >= 0.3 is 0 Å². The van der Waals surface area contributed by atoms with Crippen molar-refractivity contribution in [3.05, 3.63) is 35.9 Å². The SMILES string of the molecule is CC(C)C1NC(c2ccccc2)N(CC2CCSC2)C1=O. The van der Waals surface area contributed by atoms with Gasteiger partial charge in [0.2, 0.25) is 5.91 Å². The average molecular weight is 304 g/mol. The maximum absolute atomic E-state index is 12.8. The van der Waals surface area contributed by atoms with Gasteiger partial charge in [-0.3, -0.25) is 10.1 Å². The molecule has 0 bridgehead atoms. The highest BCUT2D eigenvalue weighted by Gasteiger charge is 2.41. The number of thioether (sulfide) groups is 1. The van der Waals surface area contributed by atoms with E-state index in [1.165, 1.54) is 23.5 Å². The van der Waals surface area contributed by atoms with Gasteiger partial charge in [0, 0.05) is 6.54 Å². The number of carbonyl (C=O) groups excluding carboxylic acids is 1. The molecule has 114 valence electrons. The lowest BCUT2D eigenvalue weighted by atomic mass is 10.0. The molecule has 1 aromatic rings. The highest BCUT2D eigenvalue weighted by atomic mass is 32.2. The van der Waals surface area contributed by atoms with Gasteiger partial charge < -0.3 is 4.90 Å². The molecule has 0 aliphatic carbocycles. The smallest absolute Gasteiger partial charge is 0.241 e. The van der Waals surface area contributed by atoms with E-state index >= 15 is 0 Å². The van der Waals surface area contributed by atoms with Crippen molar-refractivity contribution in [3.63, 3.8) is 0 Å². The molecule has 2 heterocycles. The van der Waals surface area contributed by atoms with Gasteiger partial charge in [-0.15, -0.1) is 0 Å². The van der Waals surface area contributed by atoms with Gasteiger partial charge in [0.15, 0.2) is 0 Å². The van der Waals surface area contributed by atoms with Crippen molar-refractivity contribution in [1.29, 1.82) is 0 Å². The Morgan fingerprint density at radius 1 is 1.33 bits per heavy atom. The first-order valence-electron chi connectivity index (χ1n) is 7.86. The van der Waals surface area contributed by atoms with Crippen LogP contribution in [-0.4, -0.2) is 34.9 Å². The monoisotopic (exact) mass is 304 g/mol. The molecule has 1 N–H and O–H groups in total. The van der Waals surface area contributed by atoms with Crippen molar-refractivity contribution < 1.29 is 4.79 Å². The maximum Gasteiger partial charge on any atom is 0.241 e. The Labute approximate surface area is 131 Å². The van der Waals surface area contributed by atoms with Crippen LogP contribution in [0.25, 0.3) is 0 Å². The number of carbonyl (C=O) groups is 1. The molecule has 3 atom stereocenters. The molecule has 2 aliphatic heterocycles. The van der Waals surface area contributed by atoms with Crippen LogP contribution in [0.1, 0.15) is 32.0 Å². The van der Waals surface area contributed by atoms with Crippen molar-refractivity contribution in [1.82, 2.24) is 10.2 Å². The summed E-state index contributed by atoms with van der Waals surface area (Å²) >= 11 is 2.01. The van der Waals surface area contributed by atoms with E-state index in [0.717, 1.165) is 6.54 Å². The number of benzene rings is 1. The first-order valence-corrected chi connectivity index (χ1v) is 9.01. The van der Waals surface area contributed by atoms with Crippen LogP contribution in [0, 0.1) is 11.8 Å². The molecule has 1 amide bonds. The predicted octanol–water partition coefficient (Wildman–Crippen LogP) is 2.89. The van der Waals surface area contributed by atoms with Gasteiger partial charge in [0.25, 0.3) is 0 Å². The summed E-state index contributed by atoms with van der Waals surface area (Å²) in [5.41, 5.74) is 1.19. The van der Waals surface area contributed by atoms with Crippen LogP contribution in [0.15, 0.2) is 30.3 Å². The molecule has 21 heavy (non-hydrogen) atoms. The van der Waals surface area contributed by atoms with Crippen molar-refractivity contribution in [2.24, 2.45) is 11.8 Å². The third-order valence-electron chi connectivity index (χ3n) is 4.46. The van der Waals surface area contributed by atoms with E-state index in [0.29, 0.717) is 11.8 Å². The molecule has 4 heteroatoms. The van der Waals surface area contributed by atoms with Gasteiger partial charge in [-0.1, -0.05) is 44.2 Å². The highest BCUT2D eigenvalue weighted by molar-refractivity contribution is 7.99. The summed E-state index contributed by atoms with van der Waals surface area (Å²) in [6, 6.07) is 10.3. The number of rotatable bonds is 4. The van der Waals surface area contributed by atoms with Crippen LogP contribution in [0.2, 0.25) is 0 Å². The predicted molar refractivity (Wildman–Crippen MR) is 88.1 cm³/mol. The topological polar surface area (TPSA) is 32.3 Å². The summed E-state index contributed by atoms with van der Waals surface area (Å²) in [5.74, 6) is 3.68. The second-order valence-electron chi connectivity index (χ2n) is 6.42. The normalized spacial score (nSPS) is 29.6. The third kappa shape index (κ3) is 3.11. The summed E-state index contributed by atoms with van der Waals surface area (Å²) in [5, 5.41) is 3.55. The van der Waals surface area contributed by atoms with Crippen molar-refractivity contribution >= 4 is 17.7 Å². The number of hydrogen-bond acceptors (Lipinski definition) is 3. The first-order chi connectivity index (χ1) is 10.2. The molecule has 0 saturated carbocycles. The Hall–Kier alpha value is -1.00. The molecule has 3 unspecified atom stereocenters. The Kier molecular flexibility index (Phi) is 4.55. The molecular weight excluding hydrogens is 280 g/mol. The molecule has 1 aromatic carbocycles. The van der Waals surface area contributed by atoms with E-state index in [4.69, 9.17) is 0 Å². The van der Waals surface area contributed by atoms with Crippen molar-refractivity contribution in [2.45, 2.75) is 32.5 Å². The molecule has 2 aliphatic rings. The molecule has 2 saturated heterocycles. The molecule has 2 fully saturated rings. The Morgan fingerprint density at radius 3 is 2.71 bits per heavy atom. The Balaban J connectivity index is 1.82. The largest absolute Gasteiger partial charge is 0.321 e. The molecule has 0 radical (unpaired) electrons. The lowest BCUT2D eigenvalue weighted by molar-refractivity contribution is -0.131. The lowest BCUT2D eigenvalue weighted by Crippen LogP contribution is -2.36. The molecule has 0 aromatic heterocycles. The van der Waals surface area contributed by atoms with Crippen LogP contribution in [0.5, 0.6) is 0 Å². The van der Waals surface area contributed by atoms with E-state index in [1.807, 2.05) is 30.0 Å². The van der Waals surface area contributed by atoms with Gasteiger partial charge in [0.05, 0.1) is 6.04 Å². The first kappa shape index (κ1) is 14.9. The summed E-state index contributed by atoms with van der Waals surface area (Å²) in [7, 11) is 0. The zero-order valence-corrected chi connectivity index (χ0v) is 13.6. The van der Waals surface area contributed by atoms with E-state index < -0.39 is 0 Å². The second-order valence-corrected chi connectivity index (χ2v) is 7.57. The fraction of sp³-hybridized carbons (Fsp3) is 0.588. The Bertz CT molecular complexity index is 485. The summed E-state index contributed by atoms with van der Waals surface area (Å²) in [4.78, 5) is 14.9. The van der Waals surface area contributed by atoms with Gasteiger partial charge in [0.1, 0.15) is 6.17 Å². The number of amides is 1. The van der Waals surface area contributed by atoms with E-state index in [9.17, 15) is 4.79 Å². The third-order valence-corrected chi connectivity index (χ3v) is 5.69. The summed E-state index contributed by atoms with van der Waals surface area (Å²) in [6.45, 7) is 5.13. The fourth-order valence-corrected chi connectivity index (χ4v) is 4.50. The molecular formula is C17H24N2OS. The van der Waals surface area contributed by atoms with Crippen LogP contribution < -0.4 is 5.32 Å². The lowest BCUT2D eigenvalue weighted by Gasteiger charge is -2.27. The van der Waals surface area contributed by atoms with Gasteiger partial charge in [-0.2, -0.15) is 11.8 Å². The highest BCUT2D eigenvalue weighted by Crippen LogP contribution is 2.32. The standard InChI is InChI=1S/C17H24N2OS/c1-12(2)15-17(20)19(10-13-8-9-21-11-13)16(18-15)14-6-4-3-5-7-14/h3-7,12-13,15-16,18H,8-11H2,1-2H3. The minimum absolute atomic E-state index is 0.0386. The summed E-state index contributed by atoms with van der Waals surface area (Å²) < 4.78 is 0. The van der Waals surface area contributed by atoms with E-state index in [2.05, 4.69) is 36.2 Å². The zero-order valence-electron chi connectivity index (χ0n) is 12.8.